The Kier molecular flexibility index (Phi) is 8.47. The van der Waals surface area contributed by atoms with Crippen molar-refractivity contribution in [1.29, 1.82) is 0 Å². The third-order valence-corrected chi connectivity index (χ3v) is 6.30. The van der Waals surface area contributed by atoms with Crippen LogP contribution in [0.15, 0.2) is 42.9 Å². The maximum absolute atomic E-state index is 14.4. The summed E-state index contributed by atoms with van der Waals surface area (Å²) in [6, 6.07) is 5.49. The second kappa shape index (κ2) is 11.9. The van der Waals surface area contributed by atoms with Gasteiger partial charge in [-0.25, -0.2) is 14.4 Å². The van der Waals surface area contributed by atoms with E-state index in [1.165, 1.54) is 43.9 Å². The Morgan fingerprint density at radius 1 is 1.30 bits per heavy atom. The number of benzene rings is 1. The second-order valence-electron chi connectivity index (χ2n) is 8.49. The fourth-order valence-electron chi connectivity index (χ4n) is 4.22. The van der Waals surface area contributed by atoms with Crippen LogP contribution in [0.3, 0.4) is 0 Å². The first kappa shape index (κ1) is 26.2. The Labute approximate surface area is 218 Å². The average molecular weight is 528 g/mol. The lowest BCUT2D eigenvalue weighted by Gasteiger charge is -2.21. The van der Waals surface area contributed by atoms with Gasteiger partial charge >= 0.3 is 0 Å². The normalized spacial score (nSPS) is 15.4. The predicted octanol–water partition coefficient (Wildman–Crippen LogP) is 3.15. The van der Waals surface area contributed by atoms with Gasteiger partial charge in [0.15, 0.2) is 17.4 Å². The van der Waals surface area contributed by atoms with E-state index in [-0.39, 0.29) is 40.6 Å². The standard InChI is InChI=1S/C25H27ClFN7O3/c1-37-21-14-31-23(16-12-15(26)5-6-18(16)27)33-24(21)32-19-7-9-29-13-17(19)25(36)30-8-3-11-34-10-2-4-20(34)22(28)35/h5-7,9,12-14,20H,2-4,8,10-11H2,1H3,(H2,28,35)(H,30,36)(H,29,31,32,33)/t20-/m1/s1. The zero-order valence-corrected chi connectivity index (χ0v) is 21.0. The Morgan fingerprint density at radius 3 is 2.92 bits per heavy atom. The lowest BCUT2D eigenvalue weighted by atomic mass is 10.2. The number of rotatable bonds is 10. The summed E-state index contributed by atoms with van der Waals surface area (Å²) in [5.41, 5.74) is 6.31. The van der Waals surface area contributed by atoms with Crippen LogP contribution in [0.2, 0.25) is 5.02 Å². The number of primary amides is 1. The molecule has 0 saturated carbocycles. The second-order valence-corrected chi connectivity index (χ2v) is 8.92. The molecule has 12 heteroatoms. The number of nitrogens with one attached hydrogen (secondary N) is 2. The molecular formula is C25H27ClFN7O3. The van der Waals surface area contributed by atoms with Gasteiger partial charge in [-0.15, -0.1) is 0 Å². The number of halogens is 2. The zero-order chi connectivity index (χ0) is 26.4. The van der Waals surface area contributed by atoms with Gasteiger partial charge < -0.3 is 21.1 Å². The summed E-state index contributed by atoms with van der Waals surface area (Å²) in [6.07, 6.45) is 6.73. The van der Waals surface area contributed by atoms with Crippen molar-refractivity contribution >= 4 is 34.9 Å². The average Bonchev–Trinajstić information content (AvgIpc) is 3.37. The van der Waals surface area contributed by atoms with Crippen LogP contribution in [-0.2, 0) is 4.79 Å². The number of nitrogens with two attached hydrogens (primary N) is 1. The van der Waals surface area contributed by atoms with Crippen LogP contribution in [0.1, 0.15) is 29.6 Å². The molecule has 0 aliphatic carbocycles. The van der Waals surface area contributed by atoms with Crippen LogP contribution < -0.4 is 21.1 Å². The van der Waals surface area contributed by atoms with Crippen molar-refractivity contribution in [3.8, 4) is 17.1 Å². The first-order valence-electron chi connectivity index (χ1n) is 11.8. The molecule has 10 nitrogen and oxygen atoms in total. The fourth-order valence-corrected chi connectivity index (χ4v) is 4.39. The summed E-state index contributed by atoms with van der Waals surface area (Å²) in [6.45, 7) is 1.89. The molecule has 4 N–H and O–H groups in total. The Morgan fingerprint density at radius 2 is 2.14 bits per heavy atom. The first-order valence-corrected chi connectivity index (χ1v) is 12.1. The molecule has 194 valence electrons. The SMILES string of the molecule is COc1cnc(-c2cc(Cl)ccc2F)nc1Nc1ccncc1C(=O)NCCCN1CCC[C@@H]1C(N)=O. The summed E-state index contributed by atoms with van der Waals surface area (Å²) in [7, 11) is 1.45. The summed E-state index contributed by atoms with van der Waals surface area (Å²) < 4.78 is 19.8. The number of amides is 2. The lowest BCUT2D eigenvalue weighted by molar-refractivity contribution is -0.122. The molecule has 0 radical (unpaired) electrons. The van der Waals surface area contributed by atoms with E-state index in [9.17, 15) is 14.0 Å². The van der Waals surface area contributed by atoms with Crippen LogP contribution in [0, 0.1) is 5.82 Å². The molecule has 1 aliphatic rings. The van der Waals surface area contributed by atoms with Gasteiger partial charge in [-0.05, 0) is 50.1 Å². The highest BCUT2D eigenvalue weighted by Crippen LogP contribution is 2.30. The van der Waals surface area contributed by atoms with E-state index in [4.69, 9.17) is 22.1 Å². The van der Waals surface area contributed by atoms with Gasteiger partial charge in [0.05, 0.1) is 36.2 Å². The topological polar surface area (TPSA) is 135 Å². The Balaban J connectivity index is 1.46. The molecule has 3 heterocycles. The van der Waals surface area contributed by atoms with Gasteiger partial charge in [-0.2, -0.15) is 0 Å². The van der Waals surface area contributed by atoms with Crippen molar-refractivity contribution in [3.05, 3.63) is 59.3 Å². The lowest BCUT2D eigenvalue weighted by Crippen LogP contribution is -2.41. The largest absolute Gasteiger partial charge is 0.491 e. The molecule has 1 atom stereocenters. The highest BCUT2D eigenvalue weighted by Gasteiger charge is 2.28. The molecule has 2 amide bonds. The van der Waals surface area contributed by atoms with E-state index in [1.54, 1.807) is 6.07 Å². The van der Waals surface area contributed by atoms with Gasteiger partial charge in [0.1, 0.15) is 5.82 Å². The number of pyridine rings is 1. The summed E-state index contributed by atoms with van der Waals surface area (Å²) in [5.74, 6) is -0.547. The number of nitrogens with zero attached hydrogens (tertiary/aromatic N) is 4. The van der Waals surface area contributed by atoms with E-state index >= 15 is 0 Å². The molecule has 2 aromatic heterocycles. The van der Waals surface area contributed by atoms with Crippen molar-refractivity contribution in [2.75, 3.05) is 32.1 Å². The van der Waals surface area contributed by atoms with Gasteiger partial charge in [-0.1, -0.05) is 11.6 Å². The molecular weight excluding hydrogens is 501 g/mol. The predicted molar refractivity (Wildman–Crippen MR) is 137 cm³/mol. The number of carbonyl (C=O) groups is 2. The highest BCUT2D eigenvalue weighted by atomic mass is 35.5. The zero-order valence-electron chi connectivity index (χ0n) is 20.2. The van der Waals surface area contributed by atoms with Crippen molar-refractivity contribution in [3.63, 3.8) is 0 Å². The van der Waals surface area contributed by atoms with E-state index < -0.39 is 5.82 Å². The third-order valence-electron chi connectivity index (χ3n) is 6.06. The number of methoxy groups -OCH3 is 1. The quantitative estimate of drug-likeness (QED) is 0.342. The Hall–Kier alpha value is -3.83. The van der Waals surface area contributed by atoms with Crippen molar-refractivity contribution < 1.29 is 18.7 Å². The number of anilines is 2. The molecule has 3 aromatic rings. The molecule has 37 heavy (non-hydrogen) atoms. The molecule has 1 aliphatic heterocycles. The number of hydrogen-bond acceptors (Lipinski definition) is 8. The molecule has 1 saturated heterocycles. The maximum atomic E-state index is 14.4. The minimum atomic E-state index is -0.527. The molecule has 0 spiro atoms. The monoisotopic (exact) mass is 527 g/mol. The van der Waals surface area contributed by atoms with Crippen LogP contribution in [0.5, 0.6) is 5.75 Å². The van der Waals surface area contributed by atoms with Gasteiger partial charge in [-0.3, -0.25) is 19.5 Å². The van der Waals surface area contributed by atoms with Gasteiger partial charge in [0.2, 0.25) is 5.91 Å². The van der Waals surface area contributed by atoms with Crippen LogP contribution >= 0.6 is 11.6 Å². The van der Waals surface area contributed by atoms with Crippen LogP contribution in [0.4, 0.5) is 15.9 Å². The van der Waals surface area contributed by atoms with Crippen molar-refractivity contribution in [2.45, 2.75) is 25.3 Å². The van der Waals surface area contributed by atoms with Crippen LogP contribution in [-0.4, -0.2) is 64.5 Å². The van der Waals surface area contributed by atoms with Gasteiger partial charge in [0, 0.05) is 30.5 Å². The molecule has 1 fully saturated rings. The minimum absolute atomic E-state index is 0.0968. The number of hydrogen-bond donors (Lipinski definition) is 3. The van der Waals surface area contributed by atoms with Crippen molar-refractivity contribution in [2.24, 2.45) is 5.73 Å². The minimum Gasteiger partial charge on any atom is -0.491 e. The first-order chi connectivity index (χ1) is 17.9. The summed E-state index contributed by atoms with van der Waals surface area (Å²) >= 11 is 6.02. The molecule has 4 rings (SSSR count). The van der Waals surface area contributed by atoms with E-state index in [2.05, 4.69) is 25.6 Å². The molecule has 0 bridgehead atoms. The van der Waals surface area contributed by atoms with E-state index in [0.717, 1.165) is 19.4 Å². The maximum Gasteiger partial charge on any atom is 0.254 e. The number of carbonyl (C=O) groups excluding carboxylic acids is 2. The summed E-state index contributed by atoms with van der Waals surface area (Å²) in [5, 5.41) is 6.30. The van der Waals surface area contributed by atoms with E-state index in [0.29, 0.717) is 36.0 Å². The van der Waals surface area contributed by atoms with Gasteiger partial charge in [0.25, 0.3) is 5.91 Å². The summed E-state index contributed by atoms with van der Waals surface area (Å²) in [4.78, 5) is 39.2. The smallest absolute Gasteiger partial charge is 0.254 e. The molecule has 0 unspecified atom stereocenters. The highest BCUT2D eigenvalue weighted by molar-refractivity contribution is 6.30. The third kappa shape index (κ3) is 6.30. The van der Waals surface area contributed by atoms with E-state index in [1.807, 2.05) is 4.90 Å². The number of ether oxygens (including phenoxy) is 1. The van der Waals surface area contributed by atoms with Crippen molar-refractivity contribution in [1.82, 2.24) is 25.2 Å². The van der Waals surface area contributed by atoms with Crippen LogP contribution in [0.25, 0.3) is 11.4 Å². The molecule has 1 aromatic carbocycles. The Bertz CT molecular complexity index is 1290. The fraction of sp³-hybridized carbons (Fsp3) is 0.320. The number of aromatic nitrogens is 3. The number of likely N-dealkylation sites (tertiary alicyclic amines) is 1.